The number of para-hydroxylation sites is 1. The molecule has 1 aliphatic rings. The van der Waals surface area contributed by atoms with E-state index in [0.717, 1.165) is 12.8 Å². The van der Waals surface area contributed by atoms with Crippen molar-refractivity contribution in [1.82, 2.24) is 0 Å². The van der Waals surface area contributed by atoms with Gasteiger partial charge in [-0.15, -0.1) is 11.3 Å². The van der Waals surface area contributed by atoms with E-state index in [1.807, 2.05) is 5.38 Å². The van der Waals surface area contributed by atoms with Crippen LogP contribution in [-0.2, 0) is 4.79 Å². The van der Waals surface area contributed by atoms with Crippen LogP contribution in [0.25, 0.3) is 0 Å². The van der Waals surface area contributed by atoms with Gasteiger partial charge in [-0.25, -0.2) is 0 Å². The number of carbonyl (C=O) groups excluding carboxylic acids is 3. The van der Waals surface area contributed by atoms with Crippen molar-refractivity contribution in [2.45, 2.75) is 12.8 Å². The average molecular weight is 405 g/mol. The summed E-state index contributed by atoms with van der Waals surface area (Å²) in [7, 11) is 0. The Kier molecular flexibility index (Phi) is 5.39. The molecule has 3 N–H and O–H groups in total. The molecule has 0 unspecified atom stereocenters. The van der Waals surface area contributed by atoms with E-state index in [0.29, 0.717) is 27.5 Å². The second-order valence-corrected chi connectivity index (χ2v) is 7.72. The van der Waals surface area contributed by atoms with Crippen LogP contribution in [0, 0.1) is 5.92 Å². The third-order valence-corrected chi connectivity index (χ3v) is 5.39. The molecule has 0 radical (unpaired) electrons. The molecule has 4 rings (SSSR count). The predicted octanol–water partition coefficient (Wildman–Crippen LogP) is 4.60. The summed E-state index contributed by atoms with van der Waals surface area (Å²) in [6, 6.07) is 17.3. The van der Waals surface area contributed by atoms with Gasteiger partial charge in [0.05, 0.1) is 16.1 Å². The van der Waals surface area contributed by atoms with Gasteiger partial charge in [0.2, 0.25) is 5.91 Å². The van der Waals surface area contributed by atoms with Gasteiger partial charge < -0.3 is 16.0 Å². The lowest BCUT2D eigenvalue weighted by Gasteiger charge is -2.11. The summed E-state index contributed by atoms with van der Waals surface area (Å²) in [6.07, 6.45) is 1.89. The highest BCUT2D eigenvalue weighted by Crippen LogP contribution is 2.30. The van der Waals surface area contributed by atoms with Crippen LogP contribution in [-0.4, -0.2) is 17.7 Å². The second kappa shape index (κ2) is 8.28. The second-order valence-electron chi connectivity index (χ2n) is 6.77. The number of nitrogens with one attached hydrogen (secondary N) is 3. The molecule has 3 amide bonds. The van der Waals surface area contributed by atoms with Gasteiger partial charge in [0.25, 0.3) is 11.8 Å². The maximum Gasteiger partial charge on any atom is 0.265 e. The van der Waals surface area contributed by atoms with Crippen LogP contribution in [0.1, 0.15) is 32.9 Å². The smallest absolute Gasteiger partial charge is 0.265 e. The summed E-state index contributed by atoms with van der Waals surface area (Å²) in [4.78, 5) is 37.4. The molecule has 1 aliphatic carbocycles. The fraction of sp³-hybridized carbons (Fsp3) is 0.136. The van der Waals surface area contributed by atoms with Gasteiger partial charge in [0.15, 0.2) is 0 Å². The highest BCUT2D eigenvalue weighted by Gasteiger charge is 2.29. The number of thiophene rings is 1. The first-order chi connectivity index (χ1) is 14.1. The molecule has 2 aromatic carbocycles. The first kappa shape index (κ1) is 18.9. The van der Waals surface area contributed by atoms with Gasteiger partial charge in [-0.1, -0.05) is 18.2 Å². The molecule has 1 saturated carbocycles. The summed E-state index contributed by atoms with van der Waals surface area (Å²) in [5, 5.41) is 10.3. The van der Waals surface area contributed by atoms with Crippen molar-refractivity contribution in [2.75, 3.05) is 16.0 Å². The third-order valence-electron chi connectivity index (χ3n) is 4.52. The van der Waals surface area contributed by atoms with Crippen molar-refractivity contribution in [3.8, 4) is 0 Å². The summed E-state index contributed by atoms with van der Waals surface area (Å²) >= 11 is 1.34. The van der Waals surface area contributed by atoms with Crippen molar-refractivity contribution < 1.29 is 14.4 Å². The Morgan fingerprint density at radius 1 is 0.759 bits per heavy atom. The fourth-order valence-corrected chi connectivity index (χ4v) is 3.43. The van der Waals surface area contributed by atoms with Crippen molar-refractivity contribution >= 4 is 46.1 Å². The molecule has 0 bridgehead atoms. The van der Waals surface area contributed by atoms with Crippen LogP contribution < -0.4 is 16.0 Å². The van der Waals surface area contributed by atoms with Crippen LogP contribution in [0.15, 0.2) is 66.0 Å². The Hall–Kier alpha value is -3.45. The molecule has 0 saturated heterocycles. The van der Waals surface area contributed by atoms with Gasteiger partial charge in [-0.3, -0.25) is 14.4 Å². The molecule has 1 fully saturated rings. The molecule has 6 nitrogen and oxygen atoms in total. The van der Waals surface area contributed by atoms with Gasteiger partial charge in [0, 0.05) is 17.3 Å². The Balaban J connectivity index is 1.43. The van der Waals surface area contributed by atoms with Gasteiger partial charge in [0.1, 0.15) is 0 Å². The minimum atomic E-state index is -0.332. The normalized spacial score (nSPS) is 12.8. The first-order valence-corrected chi connectivity index (χ1v) is 10.1. The number of rotatable bonds is 6. The number of hydrogen-bond donors (Lipinski definition) is 3. The van der Waals surface area contributed by atoms with Crippen LogP contribution >= 0.6 is 11.3 Å². The molecule has 3 aromatic rings. The zero-order valence-electron chi connectivity index (χ0n) is 15.5. The van der Waals surface area contributed by atoms with Crippen LogP contribution in [0.3, 0.4) is 0 Å². The Morgan fingerprint density at radius 3 is 2.10 bits per heavy atom. The minimum Gasteiger partial charge on any atom is -0.326 e. The lowest BCUT2D eigenvalue weighted by Crippen LogP contribution is -2.17. The Morgan fingerprint density at radius 2 is 1.45 bits per heavy atom. The van der Waals surface area contributed by atoms with Crippen LogP contribution in [0.5, 0.6) is 0 Å². The van der Waals surface area contributed by atoms with E-state index in [-0.39, 0.29) is 23.6 Å². The first-order valence-electron chi connectivity index (χ1n) is 9.26. The number of amides is 3. The fourth-order valence-electron chi connectivity index (χ4n) is 2.81. The van der Waals surface area contributed by atoms with Gasteiger partial charge in [-0.05, 0) is 60.7 Å². The quantitative estimate of drug-likeness (QED) is 0.560. The van der Waals surface area contributed by atoms with E-state index in [9.17, 15) is 14.4 Å². The van der Waals surface area contributed by atoms with Crippen molar-refractivity contribution in [3.05, 3.63) is 76.5 Å². The Bertz CT molecular complexity index is 1040. The van der Waals surface area contributed by atoms with Crippen molar-refractivity contribution in [1.29, 1.82) is 0 Å². The average Bonchev–Trinajstić information content (AvgIpc) is 3.44. The molecular formula is C22H19N3O3S. The molecule has 1 aromatic heterocycles. The highest BCUT2D eigenvalue weighted by atomic mass is 32.1. The SMILES string of the molecule is O=C(Nc1ccccc1C(=O)Nc1ccc(NC(=O)C2CC2)cc1)c1cccs1. The highest BCUT2D eigenvalue weighted by molar-refractivity contribution is 7.12. The Labute approximate surface area is 172 Å². The number of hydrogen-bond acceptors (Lipinski definition) is 4. The number of benzene rings is 2. The van der Waals surface area contributed by atoms with Gasteiger partial charge in [-0.2, -0.15) is 0 Å². The zero-order valence-corrected chi connectivity index (χ0v) is 16.3. The standard InChI is InChI=1S/C22H19N3O3S/c26-20(14-7-8-14)23-15-9-11-16(12-10-15)24-21(27)17-4-1-2-5-18(17)25-22(28)19-6-3-13-29-19/h1-6,9-14H,7-8H2,(H,23,26)(H,24,27)(H,25,28). The zero-order chi connectivity index (χ0) is 20.2. The molecule has 0 spiro atoms. The summed E-state index contributed by atoms with van der Waals surface area (Å²) in [5.41, 5.74) is 2.10. The van der Waals surface area contributed by atoms with E-state index < -0.39 is 0 Å². The van der Waals surface area contributed by atoms with Crippen molar-refractivity contribution in [2.24, 2.45) is 5.92 Å². The van der Waals surface area contributed by atoms with Crippen LogP contribution in [0.4, 0.5) is 17.1 Å². The summed E-state index contributed by atoms with van der Waals surface area (Å²) in [5.74, 6) is -0.412. The largest absolute Gasteiger partial charge is 0.326 e. The van der Waals surface area contributed by atoms with E-state index in [2.05, 4.69) is 16.0 Å². The lowest BCUT2D eigenvalue weighted by molar-refractivity contribution is -0.117. The lowest BCUT2D eigenvalue weighted by atomic mass is 10.1. The topological polar surface area (TPSA) is 87.3 Å². The maximum atomic E-state index is 12.7. The van der Waals surface area contributed by atoms with Crippen molar-refractivity contribution in [3.63, 3.8) is 0 Å². The third kappa shape index (κ3) is 4.70. The van der Waals surface area contributed by atoms with E-state index in [1.165, 1.54) is 11.3 Å². The van der Waals surface area contributed by atoms with E-state index >= 15 is 0 Å². The van der Waals surface area contributed by atoms with Gasteiger partial charge >= 0.3 is 0 Å². The van der Waals surface area contributed by atoms with E-state index in [1.54, 1.807) is 60.7 Å². The minimum absolute atomic E-state index is 0.0391. The maximum absolute atomic E-state index is 12.7. The molecule has 29 heavy (non-hydrogen) atoms. The number of anilines is 3. The van der Waals surface area contributed by atoms with E-state index in [4.69, 9.17) is 0 Å². The van der Waals surface area contributed by atoms with Crippen LogP contribution in [0.2, 0.25) is 0 Å². The molecule has 7 heteroatoms. The summed E-state index contributed by atoms with van der Waals surface area (Å²) < 4.78 is 0. The molecule has 0 aliphatic heterocycles. The molecular weight excluding hydrogens is 386 g/mol. The predicted molar refractivity (Wildman–Crippen MR) is 114 cm³/mol. The number of carbonyl (C=O) groups is 3. The molecule has 146 valence electrons. The monoisotopic (exact) mass is 405 g/mol. The summed E-state index contributed by atoms with van der Waals surface area (Å²) in [6.45, 7) is 0. The molecule has 0 atom stereocenters. The molecule has 1 heterocycles.